The third-order valence-electron chi connectivity index (χ3n) is 5.32. The Morgan fingerprint density at radius 2 is 1.80 bits per heavy atom. The van der Waals surface area contributed by atoms with Crippen LogP contribution in [0.3, 0.4) is 0 Å². The van der Waals surface area contributed by atoms with Gasteiger partial charge in [-0.1, -0.05) is 0 Å². The molecule has 5 rings (SSSR count). The van der Waals surface area contributed by atoms with Crippen molar-refractivity contribution in [2.45, 2.75) is 39.5 Å². The second-order valence-electron chi connectivity index (χ2n) is 6.86. The van der Waals surface area contributed by atoms with Gasteiger partial charge in [-0.15, -0.1) is 0 Å². The van der Waals surface area contributed by atoms with Crippen molar-refractivity contribution >= 4 is 21.8 Å². The molecule has 1 aromatic carbocycles. The Kier molecular flexibility index (Phi) is 2.98. The van der Waals surface area contributed by atoms with E-state index in [0.717, 1.165) is 59.1 Å². The van der Waals surface area contributed by atoms with Gasteiger partial charge in [0.15, 0.2) is 5.82 Å². The van der Waals surface area contributed by atoms with E-state index >= 15 is 0 Å². The van der Waals surface area contributed by atoms with Crippen molar-refractivity contribution in [2.24, 2.45) is 0 Å². The molecule has 0 saturated heterocycles. The fraction of sp³-hybridized carbons (Fsp3) is 0.316. The van der Waals surface area contributed by atoms with E-state index in [0.29, 0.717) is 11.0 Å². The summed E-state index contributed by atoms with van der Waals surface area (Å²) in [6.07, 6.45) is 6.10. The highest BCUT2D eigenvalue weighted by Crippen LogP contribution is 2.39. The third-order valence-corrected chi connectivity index (χ3v) is 5.32. The molecule has 0 radical (unpaired) electrons. The number of halogens is 1. The Morgan fingerprint density at radius 3 is 2.56 bits per heavy atom. The van der Waals surface area contributed by atoms with Gasteiger partial charge in [-0.3, -0.25) is 10.2 Å². The lowest BCUT2D eigenvalue weighted by atomic mass is 9.85. The first-order chi connectivity index (χ1) is 12.1. The predicted octanol–water partition coefficient (Wildman–Crippen LogP) is 4.14. The van der Waals surface area contributed by atoms with E-state index in [1.54, 1.807) is 0 Å². The molecule has 0 aliphatic heterocycles. The van der Waals surface area contributed by atoms with Crippen molar-refractivity contribution in [3.05, 3.63) is 40.6 Å². The average molecular weight is 335 g/mol. The fourth-order valence-electron chi connectivity index (χ4n) is 4.13. The molecule has 5 nitrogen and oxygen atoms in total. The van der Waals surface area contributed by atoms with Gasteiger partial charge in [0.05, 0.1) is 17.4 Å². The van der Waals surface area contributed by atoms with Crippen LogP contribution in [0.1, 0.15) is 35.4 Å². The number of aromatic amines is 2. The minimum absolute atomic E-state index is 0.329. The SMILES string of the molecule is Cc1[nH]ncc1-c1nc2cc(F)c3n[nH]c(C)c3c2c2c1CCCC2. The molecule has 1 aliphatic rings. The maximum absolute atomic E-state index is 14.6. The number of nitrogens with zero attached hydrogens (tertiary/aromatic N) is 3. The summed E-state index contributed by atoms with van der Waals surface area (Å²) < 4.78 is 14.6. The highest BCUT2D eigenvalue weighted by atomic mass is 19.1. The molecule has 25 heavy (non-hydrogen) atoms. The first-order valence-corrected chi connectivity index (χ1v) is 8.64. The summed E-state index contributed by atoms with van der Waals surface area (Å²) in [5, 5.41) is 16.2. The number of aromatic nitrogens is 5. The van der Waals surface area contributed by atoms with Crippen LogP contribution in [-0.4, -0.2) is 25.4 Å². The highest BCUT2D eigenvalue weighted by molar-refractivity contribution is 6.09. The Morgan fingerprint density at radius 1 is 1.00 bits per heavy atom. The maximum atomic E-state index is 14.6. The smallest absolute Gasteiger partial charge is 0.153 e. The van der Waals surface area contributed by atoms with Gasteiger partial charge in [0.1, 0.15) is 5.52 Å². The predicted molar refractivity (Wildman–Crippen MR) is 95.1 cm³/mol. The molecule has 126 valence electrons. The number of fused-ring (bicyclic) bond motifs is 5. The van der Waals surface area contributed by atoms with Gasteiger partial charge >= 0.3 is 0 Å². The molecule has 2 N–H and O–H groups in total. The summed E-state index contributed by atoms with van der Waals surface area (Å²) in [5.74, 6) is -0.329. The van der Waals surface area contributed by atoms with Crippen molar-refractivity contribution in [1.82, 2.24) is 25.4 Å². The molecule has 0 atom stereocenters. The van der Waals surface area contributed by atoms with E-state index in [2.05, 4.69) is 20.4 Å². The van der Waals surface area contributed by atoms with E-state index in [1.807, 2.05) is 20.0 Å². The van der Waals surface area contributed by atoms with Crippen LogP contribution < -0.4 is 0 Å². The van der Waals surface area contributed by atoms with Crippen LogP contribution in [0.4, 0.5) is 4.39 Å². The van der Waals surface area contributed by atoms with E-state index in [-0.39, 0.29) is 5.82 Å². The Labute approximate surface area is 143 Å². The summed E-state index contributed by atoms with van der Waals surface area (Å²) in [4.78, 5) is 4.88. The van der Waals surface area contributed by atoms with E-state index < -0.39 is 0 Å². The third kappa shape index (κ3) is 1.97. The summed E-state index contributed by atoms with van der Waals surface area (Å²) in [5.41, 5.74) is 7.50. The largest absolute Gasteiger partial charge is 0.282 e. The van der Waals surface area contributed by atoms with Gasteiger partial charge in [-0.25, -0.2) is 9.37 Å². The topological polar surface area (TPSA) is 70.2 Å². The molecular formula is C19H18FN5. The number of H-pyrrole nitrogens is 2. The fourth-order valence-corrected chi connectivity index (χ4v) is 4.13. The molecule has 1 aliphatic carbocycles. The monoisotopic (exact) mass is 335 g/mol. The van der Waals surface area contributed by atoms with Crippen LogP contribution in [0.25, 0.3) is 33.1 Å². The number of nitrogens with one attached hydrogen (secondary N) is 2. The normalized spacial score (nSPS) is 14.4. The molecule has 0 unspecified atom stereocenters. The van der Waals surface area contributed by atoms with E-state index in [1.165, 1.54) is 17.2 Å². The van der Waals surface area contributed by atoms with Gasteiger partial charge in [-0.2, -0.15) is 10.2 Å². The van der Waals surface area contributed by atoms with Crippen molar-refractivity contribution in [1.29, 1.82) is 0 Å². The lowest BCUT2D eigenvalue weighted by Gasteiger charge is -2.21. The molecule has 0 saturated carbocycles. The quantitative estimate of drug-likeness (QED) is 0.549. The molecule has 0 amide bonds. The van der Waals surface area contributed by atoms with Crippen LogP contribution in [0.5, 0.6) is 0 Å². The molecule has 0 bridgehead atoms. The van der Waals surface area contributed by atoms with Crippen LogP contribution in [-0.2, 0) is 12.8 Å². The Balaban J connectivity index is 1.98. The number of hydrogen-bond donors (Lipinski definition) is 2. The second-order valence-corrected chi connectivity index (χ2v) is 6.86. The summed E-state index contributed by atoms with van der Waals surface area (Å²) >= 11 is 0. The first kappa shape index (κ1) is 14.6. The zero-order valence-corrected chi connectivity index (χ0v) is 14.2. The maximum Gasteiger partial charge on any atom is 0.153 e. The minimum Gasteiger partial charge on any atom is -0.282 e. The van der Waals surface area contributed by atoms with Crippen molar-refractivity contribution < 1.29 is 4.39 Å². The second kappa shape index (κ2) is 5.12. The molecule has 4 aromatic rings. The Hall–Kier alpha value is -2.76. The summed E-state index contributed by atoms with van der Waals surface area (Å²) in [7, 11) is 0. The number of hydrogen-bond acceptors (Lipinski definition) is 3. The van der Waals surface area contributed by atoms with Crippen molar-refractivity contribution in [3.8, 4) is 11.3 Å². The van der Waals surface area contributed by atoms with Crippen LogP contribution in [0.15, 0.2) is 12.3 Å². The van der Waals surface area contributed by atoms with Gasteiger partial charge in [-0.05, 0) is 50.7 Å². The zero-order valence-electron chi connectivity index (χ0n) is 14.2. The van der Waals surface area contributed by atoms with Gasteiger partial charge < -0.3 is 0 Å². The highest BCUT2D eigenvalue weighted by Gasteiger charge is 2.24. The van der Waals surface area contributed by atoms with E-state index in [9.17, 15) is 4.39 Å². The van der Waals surface area contributed by atoms with Gasteiger partial charge in [0.2, 0.25) is 0 Å². The number of benzene rings is 1. The van der Waals surface area contributed by atoms with Crippen molar-refractivity contribution in [2.75, 3.05) is 0 Å². The van der Waals surface area contributed by atoms with Gasteiger partial charge in [0.25, 0.3) is 0 Å². The molecule has 0 fully saturated rings. The molecule has 3 aromatic heterocycles. The summed E-state index contributed by atoms with van der Waals surface area (Å²) in [6, 6.07) is 1.52. The molecule has 6 heteroatoms. The van der Waals surface area contributed by atoms with Crippen LogP contribution in [0.2, 0.25) is 0 Å². The van der Waals surface area contributed by atoms with Gasteiger partial charge in [0, 0.05) is 33.8 Å². The first-order valence-electron chi connectivity index (χ1n) is 8.64. The number of pyridine rings is 1. The van der Waals surface area contributed by atoms with Crippen LogP contribution >= 0.6 is 0 Å². The number of rotatable bonds is 1. The molecule has 0 spiro atoms. The standard InChI is InChI=1S/C19H18FN5/c1-9-13(8-21-23-9)18-12-6-4-3-5-11(12)17-15(22-18)7-14(20)19-16(17)10(2)24-25-19/h7-8H,3-6H2,1-2H3,(H,21,23)(H,24,25). The molecule has 3 heterocycles. The molecular weight excluding hydrogens is 317 g/mol. The van der Waals surface area contributed by atoms with Crippen molar-refractivity contribution in [3.63, 3.8) is 0 Å². The lowest BCUT2D eigenvalue weighted by molar-refractivity contribution is 0.637. The zero-order chi connectivity index (χ0) is 17.1. The Bertz CT molecular complexity index is 1140. The average Bonchev–Trinajstić information content (AvgIpc) is 3.21. The minimum atomic E-state index is -0.329. The number of aryl methyl sites for hydroxylation is 3. The van der Waals surface area contributed by atoms with E-state index in [4.69, 9.17) is 4.98 Å². The van der Waals surface area contributed by atoms with Crippen LogP contribution in [0, 0.1) is 19.7 Å². The lowest BCUT2D eigenvalue weighted by Crippen LogP contribution is -2.08. The summed E-state index contributed by atoms with van der Waals surface area (Å²) in [6.45, 7) is 3.94.